The molecular formula is C10H10N4O. The first kappa shape index (κ1) is 9.26. The SMILES string of the molecule is NC(=O)c1ccccc1-n1ccc(N)n1. The van der Waals surface area contributed by atoms with Crippen molar-refractivity contribution in [3.8, 4) is 5.69 Å². The fourth-order valence-corrected chi connectivity index (χ4v) is 1.35. The van der Waals surface area contributed by atoms with Crippen LogP contribution in [0.3, 0.4) is 0 Å². The molecule has 76 valence electrons. The average molecular weight is 202 g/mol. The summed E-state index contributed by atoms with van der Waals surface area (Å²) in [6.07, 6.45) is 1.68. The lowest BCUT2D eigenvalue weighted by Crippen LogP contribution is -2.14. The van der Waals surface area contributed by atoms with Crippen LogP contribution >= 0.6 is 0 Å². The van der Waals surface area contributed by atoms with Gasteiger partial charge in [-0.3, -0.25) is 4.79 Å². The highest BCUT2D eigenvalue weighted by atomic mass is 16.1. The number of hydrogen-bond acceptors (Lipinski definition) is 3. The number of hydrogen-bond donors (Lipinski definition) is 2. The van der Waals surface area contributed by atoms with Gasteiger partial charge in [-0.15, -0.1) is 0 Å². The van der Waals surface area contributed by atoms with Gasteiger partial charge in [-0.25, -0.2) is 4.68 Å². The number of nitrogen functional groups attached to an aromatic ring is 1. The number of para-hydroxylation sites is 1. The molecule has 4 N–H and O–H groups in total. The predicted molar refractivity (Wildman–Crippen MR) is 56.5 cm³/mol. The van der Waals surface area contributed by atoms with Crippen LogP contribution in [0.1, 0.15) is 10.4 Å². The molecule has 0 aliphatic heterocycles. The summed E-state index contributed by atoms with van der Waals surface area (Å²) in [5, 5.41) is 4.01. The van der Waals surface area contributed by atoms with Gasteiger partial charge < -0.3 is 11.5 Å². The minimum atomic E-state index is -0.486. The third-order valence-electron chi connectivity index (χ3n) is 2.03. The number of carbonyl (C=O) groups is 1. The molecule has 5 heteroatoms. The van der Waals surface area contributed by atoms with Crippen LogP contribution in [0.2, 0.25) is 0 Å². The summed E-state index contributed by atoms with van der Waals surface area (Å²) in [5.74, 6) is -0.0889. The molecule has 0 bridgehead atoms. The summed E-state index contributed by atoms with van der Waals surface area (Å²) in [6, 6.07) is 8.61. The van der Waals surface area contributed by atoms with Gasteiger partial charge in [-0.05, 0) is 12.1 Å². The third kappa shape index (κ3) is 1.67. The van der Waals surface area contributed by atoms with Gasteiger partial charge in [-0.1, -0.05) is 12.1 Å². The van der Waals surface area contributed by atoms with Gasteiger partial charge in [0, 0.05) is 12.3 Å². The van der Waals surface area contributed by atoms with Crippen LogP contribution in [-0.2, 0) is 0 Å². The number of primary amides is 1. The number of carbonyl (C=O) groups excluding carboxylic acids is 1. The molecule has 0 radical (unpaired) electrons. The van der Waals surface area contributed by atoms with E-state index in [2.05, 4.69) is 5.10 Å². The molecule has 0 aliphatic carbocycles. The molecular weight excluding hydrogens is 192 g/mol. The van der Waals surface area contributed by atoms with Crippen molar-refractivity contribution in [2.75, 3.05) is 5.73 Å². The maximum Gasteiger partial charge on any atom is 0.250 e. The molecule has 0 unspecified atom stereocenters. The van der Waals surface area contributed by atoms with Crippen LogP contribution in [0, 0.1) is 0 Å². The largest absolute Gasteiger partial charge is 0.382 e. The smallest absolute Gasteiger partial charge is 0.250 e. The monoisotopic (exact) mass is 202 g/mol. The highest BCUT2D eigenvalue weighted by Crippen LogP contribution is 2.13. The van der Waals surface area contributed by atoms with Gasteiger partial charge >= 0.3 is 0 Å². The van der Waals surface area contributed by atoms with E-state index in [9.17, 15) is 4.79 Å². The van der Waals surface area contributed by atoms with E-state index in [4.69, 9.17) is 11.5 Å². The van der Waals surface area contributed by atoms with Crippen LogP contribution < -0.4 is 11.5 Å². The third-order valence-corrected chi connectivity index (χ3v) is 2.03. The van der Waals surface area contributed by atoms with E-state index in [0.717, 1.165) is 0 Å². The maximum atomic E-state index is 11.2. The standard InChI is InChI=1S/C10H10N4O/c11-9-5-6-14(13-9)8-4-2-1-3-7(8)10(12)15/h1-6H,(H2,11,13)(H2,12,15). The van der Waals surface area contributed by atoms with Crippen molar-refractivity contribution in [1.29, 1.82) is 0 Å². The second kappa shape index (κ2) is 3.45. The Bertz CT molecular complexity index is 504. The normalized spacial score (nSPS) is 10.1. The molecule has 1 aromatic heterocycles. The molecule has 0 fully saturated rings. The number of nitrogens with two attached hydrogens (primary N) is 2. The van der Waals surface area contributed by atoms with Crippen LogP contribution in [0.15, 0.2) is 36.5 Å². The van der Waals surface area contributed by atoms with Crippen molar-refractivity contribution in [2.45, 2.75) is 0 Å². The van der Waals surface area contributed by atoms with Gasteiger partial charge in [0.1, 0.15) is 5.82 Å². The number of benzene rings is 1. The van der Waals surface area contributed by atoms with Crippen molar-refractivity contribution in [3.63, 3.8) is 0 Å². The lowest BCUT2D eigenvalue weighted by atomic mass is 10.2. The molecule has 0 saturated heterocycles. The van der Waals surface area contributed by atoms with Crippen molar-refractivity contribution in [2.24, 2.45) is 5.73 Å². The molecule has 2 aromatic rings. The average Bonchev–Trinajstić information content (AvgIpc) is 2.65. The Morgan fingerprint density at radius 2 is 2.00 bits per heavy atom. The zero-order chi connectivity index (χ0) is 10.8. The second-order valence-electron chi connectivity index (χ2n) is 3.07. The number of anilines is 1. The van der Waals surface area contributed by atoms with Crippen LogP contribution in [-0.4, -0.2) is 15.7 Å². The molecule has 0 aliphatic rings. The Morgan fingerprint density at radius 1 is 1.27 bits per heavy atom. The Labute approximate surface area is 86.3 Å². The minimum absolute atomic E-state index is 0.397. The Morgan fingerprint density at radius 3 is 2.60 bits per heavy atom. The first-order valence-corrected chi connectivity index (χ1v) is 4.39. The van der Waals surface area contributed by atoms with Gasteiger partial charge in [0.2, 0.25) is 0 Å². The summed E-state index contributed by atoms with van der Waals surface area (Å²) in [5.41, 5.74) is 11.8. The highest BCUT2D eigenvalue weighted by molar-refractivity contribution is 5.96. The van der Waals surface area contributed by atoms with E-state index in [1.807, 2.05) is 0 Å². The summed E-state index contributed by atoms with van der Waals surface area (Å²) in [4.78, 5) is 11.2. The first-order chi connectivity index (χ1) is 7.18. The molecule has 1 aromatic carbocycles. The van der Waals surface area contributed by atoms with E-state index in [1.165, 1.54) is 4.68 Å². The lowest BCUT2D eigenvalue weighted by molar-refractivity contribution is 0.1000. The van der Waals surface area contributed by atoms with E-state index in [1.54, 1.807) is 36.5 Å². The van der Waals surface area contributed by atoms with Crippen LogP contribution in [0.5, 0.6) is 0 Å². The highest BCUT2D eigenvalue weighted by Gasteiger charge is 2.09. The number of nitrogens with zero attached hydrogens (tertiary/aromatic N) is 2. The Kier molecular flexibility index (Phi) is 2.13. The Hall–Kier alpha value is -2.30. The molecule has 15 heavy (non-hydrogen) atoms. The van der Waals surface area contributed by atoms with Crippen molar-refractivity contribution < 1.29 is 4.79 Å². The fraction of sp³-hybridized carbons (Fsp3) is 0. The van der Waals surface area contributed by atoms with Crippen LogP contribution in [0.4, 0.5) is 5.82 Å². The summed E-state index contributed by atoms with van der Waals surface area (Å²) >= 11 is 0. The predicted octanol–water partition coefficient (Wildman–Crippen LogP) is 0.553. The lowest BCUT2D eigenvalue weighted by Gasteiger charge is -2.05. The molecule has 0 saturated carbocycles. The quantitative estimate of drug-likeness (QED) is 0.745. The summed E-state index contributed by atoms with van der Waals surface area (Å²) in [6.45, 7) is 0. The zero-order valence-corrected chi connectivity index (χ0v) is 7.92. The van der Waals surface area contributed by atoms with E-state index in [-0.39, 0.29) is 0 Å². The van der Waals surface area contributed by atoms with Gasteiger partial charge in [0.15, 0.2) is 0 Å². The zero-order valence-electron chi connectivity index (χ0n) is 7.92. The molecule has 1 heterocycles. The van der Waals surface area contributed by atoms with Crippen molar-refractivity contribution in [1.82, 2.24) is 9.78 Å². The second-order valence-corrected chi connectivity index (χ2v) is 3.07. The van der Waals surface area contributed by atoms with Gasteiger partial charge in [0.05, 0.1) is 11.3 Å². The molecule has 5 nitrogen and oxygen atoms in total. The first-order valence-electron chi connectivity index (χ1n) is 4.39. The van der Waals surface area contributed by atoms with Gasteiger partial charge in [-0.2, -0.15) is 5.10 Å². The number of aromatic nitrogens is 2. The molecule has 1 amide bonds. The summed E-state index contributed by atoms with van der Waals surface area (Å²) in [7, 11) is 0. The van der Waals surface area contributed by atoms with Crippen LogP contribution in [0.25, 0.3) is 5.69 Å². The molecule has 0 atom stereocenters. The van der Waals surface area contributed by atoms with Crippen molar-refractivity contribution >= 4 is 11.7 Å². The van der Waals surface area contributed by atoms with E-state index in [0.29, 0.717) is 17.1 Å². The minimum Gasteiger partial charge on any atom is -0.382 e. The summed E-state index contributed by atoms with van der Waals surface area (Å²) < 4.78 is 1.52. The molecule has 2 rings (SSSR count). The van der Waals surface area contributed by atoms with E-state index < -0.39 is 5.91 Å². The maximum absolute atomic E-state index is 11.2. The number of rotatable bonds is 2. The van der Waals surface area contributed by atoms with E-state index >= 15 is 0 Å². The van der Waals surface area contributed by atoms with Gasteiger partial charge in [0.25, 0.3) is 5.91 Å². The Balaban J connectivity index is 2.57. The molecule has 0 spiro atoms. The van der Waals surface area contributed by atoms with Crippen molar-refractivity contribution in [3.05, 3.63) is 42.1 Å². The topological polar surface area (TPSA) is 86.9 Å². The fourth-order valence-electron chi connectivity index (χ4n) is 1.35. The number of amides is 1.